The Balaban J connectivity index is 1.61. The first kappa shape index (κ1) is 17.1. The van der Waals surface area contributed by atoms with Gasteiger partial charge in [-0.05, 0) is 48.4 Å². The van der Waals surface area contributed by atoms with Gasteiger partial charge in [-0.1, -0.05) is 46.3 Å². The molecule has 25 heavy (non-hydrogen) atoms. The van der Waals surface area contributed by atoms with Crippen molar-refractivity contribution in [3.63, 3.8) is 0 Å². The second-order valence-corrected chi connectivity index (χ2v) is 6.46. The van der Waals surface area contributed by atoms with Crippen molar-refractivity contribution >= 4 is 33.3 Å². The average Bonchev–Trinajstić information content (AvgIpc) is 2.61. The zero-order valence-electron chi connectivity index (χ0n) is 13.7. The second-order valence-electron chi connectivity index (χ2n) is 5.55. The molecule has 0 radical (unpaired) electrons. The fourth-order valence-electron chi connectivity index (χ4n) is 2.31. The topological polar surface area (TPSA) is 66.9 Å². The third kappa shape index (κ3) is 4.64. The molecule has 0 aliphatic rings. The van der Waals surface area contributed by atoms with E-state index in [4.69, 9.17) is 0 Å². The summed E-state index contributed by atoms with van der Waals surface area (Å²) in [6.45, 7) is 2.48. The Bertz CT molecular complexity index is 881. The number of aryl methyl sites for hydroxylation is 1. The first-order valence-electron chi connectivity index (χ1n) is 7.81. The van der Waals surface area contributed by atoms with Crippen LogP contribution in [-0.4, -0.2) is 16.1 Å². The maximum absolute atomic E-state index is 12.2. The highest BCUT2D eigenvalue weighted by molar-refractivity contribution is 9.10. The molecular weight excluding hydrogens is 380 g/mol. The molecule has 3 rings (SSSR count). The number of nitrogens with one attached hydrogen (secondary N) is 2. The van der Waals surface area contributed by atoms with Crippen LogP contribution in [0.2, 0.25) is 0 Å². The summed E-state index contributed by atoms with van der Waals surface area (Å²) in [5.41, 5.74) is 3.40. The van der Waals surface area contributed by atoms with Crippen molar-refractivity contribution in [2.45, 2.75) is 13.5 Å². The van der Waals surface area contributed by atoms with Crippen LogP contribution in [0.25, 0.3) is 0 Å². The van der Waals surface area contributed by atoms with Gasteiger partial charge in [0.2, 0.25) is 0 Å². The summed E-state index contributed by atoms with van der Waals surface area (Å²) in [6, 6.07) is 19.1. The largest absolute Gasteiger partial charge is 0.347 e. The van der Waals surface area contributed by atoms with Crippen molar-refractivity contribution in [1.29, 1.82) is 0 Å². The fourth-order valence-corrected chi connectivity index (χ4v) is 2.71. The standard InChI is InChI=1S/C19H17BrN4O/c1-13-5-2-3-6-14(13)12-21-19(25)17-9-10-18(24-23-17)22-16-8-4-7-15(20)11-16/h2-11H,12H2,1H3,(H,21,25)(H,22,24). The number of amides is 1. The third-order valence-electron chi connectivity index (χ3n) is 3.69. The van der Waals surface area contributed by atoms with E-state index in [1.54, 1.807) is 12.1 Å². The monoisotopic (exact) mass is 396 g/mol. The van der Waals surface area contributed by atoms with Gasteiger partial charge in [-0.25, -0.2) is 0 Å². The summed E-state index contributed by atoms with van der Waals surface area (Å²) in [4.78, 5) is 12.2. The van der Waals surface area contributed by atoms with E-state index < -0.39 is 0 Å². The predicted molar refractivity (Wildman–Crippen MR) is 102 cm³/mol. The lowest BCUT2D eigenvalue weighted by molar-refractivity contribution is 0.0945. The average molecular weight is 397 g/mol. The molecule has 2 aromatic carbocycles. The number of aromatic nitrogens is 2. The highest BCUT2D eigenvalue weighted by Gasteiger charge is 2.09. The molecule has 0 bridgehead atoms. The summed E-state index contributed by atoms with van der Waals surface area (Å²) < 4.78 is 0.970. The molecule has 0 unspecified atom stereocenters. The smallest absolute Gasteiger partial charge is 0.272 e. The molecule has 0 atom stereocenters. The molecule has 0 spiro atoms. The first-order chi connectivity index (χ1) is 12.1. The zero-order valence-corrected chi connectivity index (χ0v) is 15.2. The quantitative estimate of drug-likeness (QED) is 0.677. The summed E-state index contributed by atoms with van der Waals surface area (Å²) in [5.74, 6) is 0.332. The van der Waals surface area contributed by atoms with Crippen LogP contribution < -0.4 is 10.6 Å². The van der Waals surface area contributed by atoms with E-state index in [1.165, 1.54) is 0 Å². The zero-order chi connectivity index (χ0) is 17.6. The first-order valence-corrected chi connectivity index (χ1v) is 8.60. The number of carbonyl (C=O) groups excluding carboxylic acids is 1. The SMILES string of the molecule is Cc1ccccc1CNC(=O)c1ccc(Nc2cccc(Br)c2)nn1. The summed E-state index contributed by atoms with van der Waals surface area (Å²) in [7, 11) is 0. The highest BCUT2D eigenvalue weighted by Crippen LogP contribution is 2.18. The van der Waals surface area contributed by atoms with E-state index >= 15 is 0 Å². The minimum Gasteiger partial charge on any atom is -0.347 e. The molecule has 3 aromatic rings. The highest BCUT2D eigenvalue weighted by atomic mass is 79.9. The number of nitrogens with zero attached hydrogens (tertiary/aromatic N) is 2. The van der Waals surface area contributed by atoms with Gasteiger partial charge < -0.3 is 10.6 Å². The molecule has 5 nitrogen and oxygen atoms in total. The molecule has 6 heteroatoms. The van der Waals surface area contributed by atoms with E-state index in [0.29, 0.717) is 12.4 Å². The summed E-state index contributed by atoms with van der Waals surface area (Å²) in [6.07, 6.45) is 0. The third-order valence-corrected chi connectivity index (χ3v) is 4.19. The molecule has 0 saturated carbocycles. The van der Waals surface area contributed by atoms with E-state index in [1.807, 2.05) is 55.5 Å². The second kappa shape index (κ2) is 7.90. The van der Waals surface area contributed by atoms with Gasteiger partial charge in [-0.2, -0.15) is 0 Å². The van der Waals surface area contributed by atoms with Crippen molar-refractivity contribution < 1.29 is 4.79 Å². The maximum atomic E-state index is 12.2. The lowest BCUT2D eigenvalue weighted by atomic mass is 10.1. The lowest BCUT2D eigenvalue weighted by Crippen LogP contribution is -2.24. The van der Waals surface area contributed by atoms with Crippen LogP contribution in [0.15, 0.2) is 65.1 Å². The van der Waals surface area contributed by atoms with E-state index in [0.717, 1.165) is 21.3 Å². The number of rotatable bonds is 5. The van der Waals surface area contributed by atoms with Crippen LogP contribution in [0.3, 0.4) is 0 Å². The Hall–Kier alpha value is -2.73. The molecule has 126 valence electrons. The van der Waals surface area contributed by atoms with Gasteiger partial charge in [-0.3, -0.25) is 4.79 Å². The Labute approximate surface area is 154 Å². The maximum Gasteiger partial charge on any atom is 0.272 e. The van der Waals surface area contributed by atoms with Crippen LogP contribution in [-0.2, 0) is 6.54 Å². The van der Waals surface area contributed by atoms with Crippen molar-refractivity contribution in [3.05, 3.63) is 82.0 Å². The minimum atomic E-state index is -0.246. The fraction of sp³-hybridized carbons (Fsp3) is 0.105. The molecule has 2 N–H and O–H groups in total. The number of hydrogen-bond donors (Lipinski definition) is 2. The molecular formula is C19H17BrN4O. The summed E-state index contributed by atoms with van der Waals surface area (Å²) in [5, 5.41) is 14.1. The Morgan fingerprint density at radius 2 is 1.88 bits per heavy atom. The Morgan fingerprint density at radius 1 is 1.04 bits per heavy atom. The normalized spacial score (nSPS) is 10.3. The molecule has 0 saturated heterocycles. The molecule has 1 heterocycles. The molecule has 1 amide bonds. The van der Waals surface area contributed by atoms with Gasteiger partial charge in [0, 0.05) is 16.7 Å². The van der Waals surface area contributed by atoms with Crippen LogP contribution in [0.4, 0.5) is 11.5 Å². The number of halogens is 1. The van der Waals surface area contributed by atoms with Gasteiger partial charge in [0.15, 0.2) is 11.5 Å². The lowest BCUT2D eigenvalue weighted by Gasteiger charge is -2.08. The van der Waals surface area contributed by atoms with Gasteiger partial charge in [0.1, 0.15) is 0 Å². The molecule has 0 fully saturated rings. The van der Waals surface area contributed by atoms with Gasteiger partial charge in [0.25, 0.3) is 5.91 Å². The minimum absolute atomic E-state index is 0.246. The Morgan fingerprint density at radius 3 is 2.60 bits per heavy atom. The predicted octanol–water partition coefficient (Wildman–Crippen LogP) is 4.22. The van der Waals surface area contributed by atoms with Crippen molar-refractivity contribution in [3.8, 4) is 0 Å². The van der Waals surface area contributed by atoms with Crippen LogP contribution in [0, 0.1) is 6.92 Å². The van der Waals surface area contributed by atoms with Crippen molar-refractivity contribution in [2.75, 3.05) is 5.32 Å². The Kier molecular flexibility index (Phi) is 5.40. The van der Waals surface area contributed by atoms with Gasteiger partial charge in [0.05, 0.1) is 0 Å². The number of hydrogen-bond acceptors (Lipinski definition) is 4. The number of carbonyl (C=O) groups is 1. The van der Waals surface area contributed by atoms with Crippen LogP contribution >= 0.6 is 15.9 Å². The van der Waals surface area contributed by atoms with Crippen molar-refractivity contribution in [1.82, 2.24) is 15.5 Å². The molecule has 1 aromatic heterocycles. The number of benzene rings is 2. The van der Waals surface area contributed by atoms with E-state index in [2.05, 4.69) is 36.8 Å². The van der Waals surface area contributed by atoms with Crippen molar-refractivity contribution in [2.24, 2.45) is 0 Å². The summed E-state index contributed by atoms with van der Waals surface area (Å²) >= 11 is 3.42. The van der Waals surface area contributed by atoms with Crippen LogP contribution in [0.1, 0.15) is 21.6 Å². The molecule has 0 aliphatic carbocycles. The van der Waals surface area contributed by atoms with Gasteiger partial charge in [-0.15, -0.1) is 10.2 Å². The van der Waals surface area contributed by atoms with Crippen LogP contribution in [0.5, 0.6) is 0 Å². The van der Waals surface area contributed by atoms with Gasteiger partial charge >= 0.3 is 0 Å². The molecule has 0 aliphatic heterocycles. The number of anilines is 2. The van der Waals surface area contributed by atoms with E-state index in [-0.39, 0.29) is 11.6 Å². The van der Waals surface area contributed by atoms with E-state index in [9.17, 15) is 4.79 Å².